The third kappa shape index (κ3) is 3.57. The predicted molar refractivity (Wildman–Crippen MR) is 81.4 cm³/mol. The van der Waals surface area contributed by atoms with Crippen molar-refractivity contribution in [1.82, 2.24) is 19.9 Å². The molecule has 6 nitrogen and oxygen atoms in total. The minimum absolute atomic E-state index is 0.0287. The largest absolute Gasteiger partial charge is 0.506 e. The fourth-order valence-electron chi connectivity index (χ4n) is 2.87. The van der Waals surface area contributed by atoms with Gasteiger partial charge in [0.05, 0.1) is 18.0 Å². The summed E-state index contributed by atoms with van der Waals surface area (Å²) in [6.07, 6.45) is -1.47. The van der Waals surface area contributed by atoms with Crippen molar-refractivity contribution in [3.05, 3.63) is 46.3 Å². The van der Waals surface area contributed by atoms with Crippen LogP contribution in [-0.2, 0) is 32.3 Å². The molecule has 0 unspecified atom stereocenters. The van der Waals surface area contributed by atoms with Crippen LogP contribution in [0.5, 0.6) is 5.75 Å². The Bertz CT molecular complexity index is 796. The van der Waals surface area contributed by atoms with Gasteiger partial charge in [0, 0.05) is 55.1 Å². The van der Waals surface area contributed by atoms with Crippen LogP contribution in [0.2, 0.25) is 0 Å². The number of fused-ring (bicyclic) bond motifs is 1. The normalized spacial score (nSPS) is 15.2. The number of aromatic hydroxyl groups is 1. The number of rotatable bonds is 3. The Kier molecular flexibility index (Phi) is 4.61. The second-order valence-electron chi connectivity index (χ2n) is 5.98. The van der Waals surface area contributed by atoms with Gasteiger partial charge < -0.3 is 10.2 Å². The van der Waals surface area contributed by atoms with Gasteiger partial charge >= 0.3 is 6.18 Å². The van der Waals surface area contributed by atoms with Crippen LogP contribution in [0.25, 0.3) is 0 Å². The minimum Gasteiger partial charge on any atom is -0.506 e. The molecule has 0 saturated heterocycles. The molecule has 2 aromatic heterocycles. The SMILES string of the molecule is Cc1ncc(CO)c(CN2CCc3nc(C(F)(F)F)ncc3C2)c1O. The maximum atomic E-state index is 12.7. The molecule has 0 radical (unpaired) electrons. The molecule has 0 spiro atoms. The fourth-order valence-corrected chi connectivity index (χ4v) is 2.87. The number of hydrogen-bond donors (Lipinski definition) is 2. The van der Waals surface area contributed by atoms with E-state index in [1.807, 2.05) is 4.90 Å². The molecular formula is C16H17F3N4O2. The van der Waals surface area contributed by atoms with Gasteiger partial charge in [-0.25, -0.2) is 9.97 Å². The van der Waals surface area contributed by atoms with Gasteiger partial charge in [0.15, 0.2) is 0 Å². The quantitative estimate of drug-likeness (QED) is 0.877. The number of aliphatic hydroxyl groups is 1. The molecule has 0 saturated carbocycles. The van der Waals surface area contributed by atoms with Gasteiger partial charge in [0.1, 0.15) is 5.75 Å². The molecule has 2 N–H and O–H groups in total. The molecule has 0 aliphatic carbocycles. The number of halogens is 3. The van der Waals surface area contributed by atoms with Gasteiger partial charge in [-0.1, -0.05) is 0 Å². The zero-order valence-corrected chi connectivity index (χ0v) is 13.5. The summed E-state index contributed by atoms with van der Waals surface area (Å²) in [5.74, 6) is -1.09. The lowest BCUT2D eigenvalue weighted by Crippen LogP contribution is -2.32. The molecule has 9 heteroatoms. The van der Waals surface area contributed by atoms with E-state index in [9.17, 15) is 23.4 Å². The van der Waals surface area contributed by atoms with Crippen LogP contribution in [-0.4, -0.2) is 36.6 Å². The fraction of sp³-hybridized carbons (Fsp3) is 0.438. The second kappa shape index (κ2) is 6.57. The first-order valence-corrected chi connectivity index (χ1v) is 7.71. The van der Waals surface area contributed by atoms with Crippen LogP contribution in [0.3, 0.4) is 0 Å². The Balaban J connectivity index is 1.82. The first-order chi connectivity index (χ1) is 11.8. The number of nitrogens with zero attached hydrogens (tertiary/aromatic N) is 4. The number of pyridine rings is 1. The maximum absolute atomic E-state index is 12.7. The van der Waals surface area contributed by atoms with Crippen molar-refractivity contribution in [3.63, 3.8) is 0 Å². The summed E-state index contributed by atoms with van der Waals surface area (Å²) in [5.41, 5.74) is 2.60. The van der Waals surface area contributed by atoms with Crippen LogP contribution in [0, 0.1) is 6.92 Å². The molecule has 0 aromatic carbocycles. The molecule has 2 aromatic rings. The molecule has 25 heavy (non-hydrogen) atoms. The van der Waals surface area contributed by atoms with E-state index < -0.39 is 12.0 Å². The highest BCUT2D eigenvalue weighted by atomic mass is 19.4. The number of alkyl halides is 3. The van der Waals surface area contributed by atoms with Crippen LogP contribution >= 0.6 is 0 Å². The van der Waals surface area contributed by atoms with Gasteiger partial charge in [-0.05, 0) is 6.92 Å². The summed E-state index contributed by atoms with van der Waals surface area (Å²) in [7, 11) is 0. The molecule has 134 valence electrons. The lowest BCUT2D eigenvalue weighted by Gasteiger charge is -2.29. The van der Waals surface area contributed by atoms with Gasteiger partial charge in [0.2, 0.25) is 5.82 Å². The van der Waals surface area contributed by atoms with Gasteiger partial charge in [-0.3, -0.25) is 9.88 Å². The smallest absolute Gasteiger partial charge is 0.451 e. The van der Waals surface area contributed by atoms with Crippen molar-refractivity contribution in [2.24, 2.45) is 0 Å². The lowest BCUT2D eigenvalue weighted by molar-refractivity contribution is -0.145. The summed E-state index contributed by atoms with van der Waals surface area (Å²) in [6, 6.07) is 0. The van der Waals surface area contributed by atoms with E-state index in [0.29, 0.717) is 54.1 Å². The number of aromatic nitrogens is 3. The summed E-state index contributed by atoms with van der Waals surface area (Å²) in [6.45, 7) is 2.63. The summed E-state index contributed by atoms with van der Waals surface area (Å²) in [5, 5.41) is 19.6. The Morgan fingerprint density at radius 1 is 1.24 bits per heavy atom. The van der Waals surface area contributed by atoms with E-state index in [-0.39, 0.29) is 12.4 Å². The third-order valence-electron chi connectivity index (χ3n) is 4.25. The highest BCUT2D eigenvalue weighted by molar-refractivity contribution is 5.40. The van der Waals surface area contributed by atoms with Crippen molar-refractivity contribution in [3.8, 4) is 5.75 Å². The maximum Gasteiger partial charge on any atom is 0.451 e. The average molecular weight is 354 g/mol. The zero-order chi connectivity index (χ0) is 18.2. The van der Waals surface area contributed by atoms with Gasteiger partial charge in [-0.2, -0.15) is 13.2 Å². The highest BCUT2D eigenvalue weighted by Crippen LogP contribution is 2.30. The molecule has 3 rings (SSSR count). The third-order valence-corrected chi connectivity index (χ3v) is 4.25. The standard InChI is InChI=1S/C16H17F3N4O2/c1-9-14(25)12(11(8-24)5-20-9)7-23-3-2-13-10(6-23)4-21-15(22-13)16(17,18)19/h4-5,24-25H,2-3,6-8H2,1H3. The van der Waals surface area contributed by atoms with E-state index in [1.54, 1.807) is 6.92 Å². The van der Waals surface area contributed by atoms with Crippen LogP contribution in [0.1, 0.15) is 33.9 Å². The van der Waals surface area contributed by atoms with E-state index >= 15 is 0 Å². The minimum atomic E-state index is -4.55. The van der Waals surface area contributed by atoms with E-state index in [1.165, 1.54) is 12.4 Å². The van der Waals surface area contributed by atoms with Crippen molar-refractivity contribution >= 4 is 0 Å². The Morgan fingerprint density at radius 2 is 2.00 bits per heavy atom. The number of aryl methyl sites for hydroxylation is 1. The molecule has 0 bridgehead atoms. The van der Waals surface area contributed by atoms with Crippen LogP contribution in [0.15, 0.2) is 12.4 Å². The van der Waals surface area contributed by atoms with Crippen molar-refractivity contribution in [2.45, 2.75) is 39.2 Å². The average Bonchev–Trinajstić information content (AvgIpc) is 2.58. The van der Waals surface area contributed by atoms with Crippen LogP contribution in [0.4, 0.5) is 13.2 Å². The molecule has 0 fully saturated rings. The van der Waals surface area contributed by atoms with E-state index in [0.717, 1.165) is 0 Å². The molecular weight excluding hydrogens is 337 g/mol. The van der Waals surface area contributed by atoms with Crippen LogP contribution < -0.4 is 0 Å². The summed E-state index contributed by atoms with van der Waals surface area (Å²) < 4.78 is 38.1. The van der Waals surface area contributed by atoms with Crippen molar-refractivity contribution < 1.29 is 23.4 Å². The predicted octanol–water partition coefficient (Wildman–Crippen LogP) is 1.96. The molecule has 3 heterocycles. The Labute approximate surface area is 142 Å². The lowest BCUT2D eigenvalue weighted by atomic mass is 10.0. The number of hydrogen-bond acceptors (Lipinski definition) is 6. The van der Waals surface area contributed by atoms with Crippen molar-refractivity contribution in [1.29, 1.82) is 0 Å². The molecule has 1 aliphatic rings. The van der Waals surface area contributed by atoms with Gasteiger partial charge in [0.25, 0.3) is 0 Å². The Hall–Kier alpha value is -2.26. The molecule has 0 amide bonds. The van der Waals surface area contributed by atoms with E-state index in [4.69, 9.17) is 0 Å². The molecule has 0 atom stereocenters. The summed E-state index contributed by atoms with van der Waals surface area (Å²) >= 11 is 0. The van der Waals surface area contributed by atoms with Crippen molar-refractivity contribution in [2.75, 3.05) is 6.54 Å². The highest BCUT2D eigenvalue weighted by Gasteiger charge is 2.35. The first kappa shape index (κ1) is 17.6. The monoisotopic (exact) mass is 354 g/mol. The second-order valence-corrected chi connectivity index (χ2v) is 5.98. The van der Waals surface area contributed by atoms with E-state index in [2.05, 4.69) is 15.0 Å². The Morgan fingerprint density at radius 3 is 2.68 bits per heavy atom. The summed E-state index contributed by atoms with van der Waals surface area (Å²) in [4.78, 5) is 13.0. The van der Waals surface area contributed by atoms with Gasteiger partial charge in [-0.15, -0.1) is 0 Å². The zero-order valence-electron chi connectivity index (χ0n) is 13.5. The topological polar surface area (TPSA) is 82.4 Å². The molecule has 1 aliphatic heterocycles. The number of aliphatic hydroxyl groups excluding tert-OH is 1. The first-order valence-electron chi connectivity index (χ1n) is 7.71.